The molecule has 0 saturated carbocycles. The number of nitrogens with one attached hydrogen (secondary N) is 1. The van der Waals surface area contributed by atoms with Gasteiger partial charge in [0, 0.05) is 18.9 Å². The second kappa shape index (κ2) is 9.89. The van der Waals surface area contributed by atoms with Crippen molar-refractivity contribution in [3.63, 3.8) is 0 Å². The van der Waals surface area contributed by atoms with E-state index < -0.39 is 15.9 Å². The number of benzene rings is 2. The minimum absolute atomic E-state index is 0.0119. The molecule has 30 heavy (non-hydrogen) atoms. The van der Waals surface area contributed by atoms with Crippen LogP contribution in [0.25, 0.3) is 0 Å². The van der Waals surface area contributed by atoms with Gasteiger partial charge < -0.3 is 10.1 Å². The predicted molar refractivity (Wildman–Crippen MR) is 115 cm³/mol. The van der Waals surface area contributed by atoms with Crippen LogP contribution in [0.3, 0.4) is 0 Å². The largest absolute Gasteiger partial charge is 0.497 e. The number of hydrogen-bond acceptors (Lipinski definition) is 5. The van der Waals surface area contributed by atoms with Crippen LogP contribution in [0.2, 0.25) is 0 Å². The van der Waals surface area contributed by atoms with E-state index in [1.165, 1.54) is 25.6 Å². The fourth-order valence-electron chi connectivity index (χ4n) is 2.87. The van der Waals surface area contributed by atoms with Crippen LogP contribution in [0.5, 0.6) is 5.75 Å². The van der Waals surface area contributed by atoms with Crippen molar-refractivity contribution in [2.24, 2.45) is 0 Å². The van der Waals surface area contributed by atoms with E-state index in [0.717, 1.165) is 9.87 Å². The third-order valence-corrected chi connectivity index (χ3v) is 6.21. The minimum atomic E-state index is -3.98. The normalized spacial score (nSPS) is 11.0. The fraction of sp³-hybridized carbons (Fsp3) is 0.182. The van der Waals surface area contributed by atoms with Crippen molar-refractivity contribution in [2.75, 3.05) is 24.5 Å². The summed E-state index contributed by atoms with van der Waals surface area (Å²) in [6, 6.07) is 19.2. The van der Waals surface area contributed by atoms with E-state index in [4.69, 9.17) is 4.74 Å². The summed E-state index contributed by atoms with van der Waals surface area (Å²) in [4.78, 5) is 16.5. The first kappa shape index (κ1) is 21.3. The molecule has 2 aromatic carbocycles. The number of ether oxygens (including phenoxy) is 1. The Labute approximate surface area is 176 Å². The number of amides is 1. The molecule has 7 nitrogen and oxygen atoms in total. The highest BCUT2D eigenvalue weighted by molar-refractivity contribution is 7.92. The summed E-state index contributed by atoms with van der Waals surface area (Å²) < 4.78 is 32.6. The van der Waals surface area contributed by atoms with E-state index in [1.54, 1.807) is 30.3 Å². The van der Waals surface area contributed by atoms with Crippen LogP contribution >= 0.6 is 0 Å². The minimum Gasteiger partial charge on any atom is -0.497 e. The third-order valence-electron chi connectivity index (χ3n) is 4.45. The molecule has 0 fully saturated rings. The molecular formula is C22H23N3O4S. The smallest absolute Gasteiger partial charge is 0.266 e. The molecule has 3 aromatic rings. The molecule has 0 aliphatic carbocycles. The van der Waals surface area contributed by atoms with Crippen molar-refractivity contribution in [1.29, 1.82) is 0 Å². The Morgan fingerprint density at radius 3 is 2.40 bits per heavy atom. The van der Waals surface area contributed by atoms with Gasteiger partial charge in [0.25, 0.3) is 10.0 Å². The SMILES string of the molecule is COc1ccc(N(CC(=O)NCCc2ccccc2)S(=O)(=O)c2cccnc2)cc1. The van der Waals surface area contributed by atoms with Gasteiger partial charge >= 0.3 is 0 Å². The molecule has 0 radical (unpaired) electrons. The summed E-state index contributed by atoms with van der Waals surface area (Å²) in [5.41, 5.74) is 1.45. The number of pyridine rings is 1. The number of nitrogens with zero attached hydrogens (tertiary/aromatic N) is 2. The highest BCUT2D eigenvalue weighted by Gasteiger charge is 2.27. The summed E-state index contributed by atoms with van der Waals surface area (Å²) in [5.74, 6) is 0.194. The van der Waals surface area contributed by atoms with Crippen molar-refractivity contribution in [2.45, 2.75) is 11.3 Å². The van der Waals surface area contributed by atoms with Gasteiger partial charge in [-0.1, -0.05) is 30.3 Å². The molecule has 0 aliphatic rings. The fourth-order valence-corrected chi connectivity index (χ4v) is 4.25. The average molecular weight is 426 g/mol. The zero-order chi connectivity index (χ0) is 21.4. The number of anilines is 1. The first-order valence-electron chi connectivity index (χ1n) is 9.38. The van der Waals surface area contributed by atoms with E-state index in [9.17, 15) is 13.2 Å². The molecule has 1 heterocycles. The number of carbonyl (C=O) groups is 1. The molecule has 0 saturated heterocycles. The Hall–Kier alpha value is -3.39. The topological polar surface area (TPSA) is 88.6 Å². The number of hydrogen-bond donors (Lipinski definition) is 1. The maximum absolute atomic E-state index is 13.2. The lowest BCUT2D eigenvalue weighted by molar-refractivity contribution is -0.119. The highest BCUT2D eigenvalue weighted by Crippen LogP contribution is 2.25. The zero-order valence-electron chi connectivity index (χ0n) is 16.6. The highest BCUT2D eigenvalue weighted by atomic mass is 32.2. The Balaban J connectivity index is 1.77. The molecule has 0 bridgehead atoms. The van der Waals surface area contributed by atoms with Crippen LogP contribution in [-0.2, 0) is 21.2 Å². The van der Waals surface area contributed by atoms with Gasteiger partial charge in [-0.25, -0.2) is 8.42 Å². The van der Waals surface area contributed by atoms with Gasteiger partial charge in [-0.3, -0.25) is 14.1 Å². The van der Waals surface area contributed by atoms with E-state index in [2.05, 4.69) is 10.3 Å². The Kier molecular flexibility index (Phi) is 7.03. The van der Waals surface area contributed by atoms with Gasteiger partial charge in [-0.15, -0.1) is 0 Å². The lowest BCUT2D eigenvalue weighted by Crippen LogP contribution is -2.41. The van der Waals surface area contributed by atoms with E-state index in [0.29, 0.717) is 24.4 Å². The van der Waals surface area contributed by atoms with E-state index in [1.807, 2.05) is 30.3 Å². The van der Waals surface area contributed by atoms with Crippen molar-refractivity contribution < 1.29 is 17.9 Å². The number of carbonyl (C=O) groups excluding carboxylic acids is 1. The van der Waals surface area contributed by atoms with Gasteiger partial charge in [0.05, 0.1) is 12.8 Å². The van der Waals surface area contributed by atoms with Crippen molar-refractivity contribution >= 4 is 21.6 Å². The van der Waals surface area contributed by atoms with Crippen molar-refractivity contribution in [3.05, 3.63) is 84.7 Å². The summed E-state index contributed by atoms with van der Waals surface area (Å²) in [6.07, 6.45) is 3.41. The summed E-state index contributed by atoms with van der Waals surface area (Å²) in [7, 11) is -2.45. The Bertz CT molecular complexity index is 1060. The van der Waals surface area contributed by atoms with Crippen molar-refractivity contribution in [1.82, 2.24) is 10.3 Å². The molecule has 1 N–H and O–H groups in total. The molecule has 0 spiro atoms. The first-order chi connectivity index (χ1) is 14.5. The lowest BCUT2D eigenvalue weighted by atomic mass is 10.1. The second-order valence-electron chi connectivity index (χ2n) is 6.48. The third kappa shape index (κ3) is 5.36. The summed E-state index contributed by atoms with van der Waals surface area (Å²) in [6.45, 7) is 0.0601. The van der Waals surface area contributed by atoms with Crippen LogP contribution in [-0.4, -0.2) is 39.5 Å². The molecule has 156 valence electrons. The van der Waals surface area contributed by atoms with E-state index >= 15 is 0 Å². The van der Waals surface area contributed by atoms with Crippen LogP contribution in [0.15, 0.2) is 84.0 Å². The number of rotatable bonds is 9. The molecule has 0 atom stereocenters. The van der Waals surface area contributed by atoms with E-state index in [-0.39, 0.29) is 11.4 Å². The monoisotopic (exact) mass is 425 g/mol. The molecule has 3 rings (SSSR count). The Morgan fingerprint density at radius 2 is 1.77 bits per heavy atom. The summed E-state index contributed by atoms with van der Waals surface area (Å²) >= 11 is 0. The van der Waals surface area contributed by atoms with Gasteiger partial charge in [-0.05, 0) is 48.4 Å². The first-order valence-corrected chi connectivity index (χ1v) is 10.8. The molecule has 0 unspecified atom stereocenters. The number of sulfonamides is 1. The lowest BCUT2D eigenvalue weighted by Gasteiger charge is -2.24. The predicted octanol–water partition coefficient (Wildman–Crippen LogP) is 2.64. The van der Waals surface area contributed by atoms with Gasteiger partial charge in [-0.2, -0.15) is 0 Å². The van der Waals surface area contributed by atoms with Crippen LogP contribution in [0.1, 0.15) is 5.56 Å². The molecule has 8 heteroatoms. The second-order valence-corrected chi connectivity index (χ2v) is 8.35. The summed E-state index contributed by atoms with van der Waals surface area (Å²) in [5, 5.41) is 2.79. The van der Waals surface area contributed by atoms with Crippen LogP contribution in [0.4, 0.5) is 5.69 Å². The Morgan fingerprint density at radius 1 is 1.03 bits per heavy atom. The maximum atomic E-state index is 13.2. The standard InChI is InChI=1S/C22H23N3O4S/c1-29-20-11-9-19(10-12-20)25(30(27,28)21-8-5-14-23-16-21)17-22(26)24-15-13-18-6-3-2-4-7-18/h2-12,14,16H,13,15,17H2,1H3,(H,24,26). The van der Waals surface area contributed by atoms with Gasteiger partial charge in [0.15, 0.2) is 0 Å². The average Bonchev–Trinajstić information content (AvgIpc) is 2.79. The number of aromatic nitrogens is 1. The van der Waals surface area contributed by atoms with Crippen molar-refractivity contribution in [3.8, 4) is 5.75 Å². The molecular weight excluding hydrogens is 402 g/mol. The molecule has 0 aliphatic heterocycles. The molecule has 1 aromatic heterocycles. The molecule has 1 amide bonds. The maximum Gasteiger partial charge on any atom is 0.266 e. The quantitative estimate of drug-likeness (QED) is 0.569. The van der Waals surface area contributed by atoms with Crippen LogP contribution < -0.4 is 14.4 Å². The van der Waals surface area contributed by atoms with Crippen LogP contribution in [0, 0.1) is 0 Å². The van der Waals surface area contributed by atoms with Gasteiger partial charge in [0.1, 0.15) is 17.2 Å². The van der Waals surface area contributed by atoms with Gasteiger partial charge in [0.2, 0.25) is 5.91 Å². The zero-order valence-corrected chi connectivity index (χ0v) is 17.4. The number of methoxy groups -OCH3 is 1.